The van der Waals surface area contributed by atoms with E-state index in [-0.39, 0.29) is 17.0 Å². The minimum absolute atomic E-state index is 0.0688. The molecule has 9 N–H and O–H groups in total. The van der Waals surface area contributed by atoms with Gasteiger partial charge in [0, 0.05) is 0 Å². The molecule has 3 unspecified atom stereocenters. The number of nitrogen functional groups attached to an aromatic ring is 1. The first kappa shape index (κ1) is 25.6. The van der Waals surface area contributed by atoms with Crippen molar-refractivity contribution in [1.29, 1.82) is 0 Å². The second kappa shape index (κ2) is 9.34. The molecule has 0 aromatic carbocycles. The number of anilines is 1. The maximum atomic E-state index is 11.7. The van der Waals surface area contributed by atoms with E-state index >= 15 is 0 Å². The van der Waals surface area contributed by atoms with Gasteiger partial charge in [-0.25, -0.2) is 28.4 Å². The zero-order chi connectivity index (χ0) is 23.9. The standard InChI is InChI=1S/C10H17N6O12P3S/c11-8-5-9(13-2-12-8)16(3-14-5)10-7(18)6(17)4(26-10)1-25-31(24,32)28-30(22,23)27-29(20,21)15-19/h2-4,6-7,10,17-19H,1H2,(H,22,23)(H,24,32)(H2,11,12,13)(H2,15,20,21)/t4-,6-,7-,10-,31?/m1/s1. The van der Waals surface area contributed by atoms with Crippen LogP contribution in [0.15, 0.2) is 12.7 Å². The molecule has 1 aliphatic rings. The Morgan fingerprint density at radius 3 is 2.53 bits per heavy atom. The predicted molar refractivity (Wildman–Crippen MR) is 105 cm³/mol. The molecule has 0 saturated carbocycles. The molecule has 32 heavy (non-hydrogen) atoms. The second-order valence-corrected chi connectivity index (χ2v) is 12.2. The number of hydrogen-bond donors (Lipinski definition) is 8. The highest BCUT2D eigenvalue weighted by atomic mass is 32.5. The first-order valence-electron chi connectivity index (χ1n) is 8.17. The third-order valence-corrected chi connectivity index (χ3v) is 8.95. The number of rotatable bonds is 9. The smallest absolute Gasteiger partial charge is 0.387 e. The number of aromatic nitrogens is 4. The van der Waals surface area contributed by atoms with Crippen LogP contribution in [0.2, 0.25) is 0 Å². The van der Waals surface area contributed by atoms with Gasteiger partial charge in [-0.2, -0.15) is 4.31 Å². The maximum Gasteiger partial charge on any atom is 0.487 e. The van der Waals surface area contributed by atoms with Gasteiger partial charge in [-0.15, -0.1) is 5.25 Å². The lowest BCUT2D eigenvalue weighted by molar-refractivity contribution is -0.0486. The van der Waals surface area contributed by atoms with Crippen molar-refractivity contribution in [2.75, 3.05) is 12.3 Å². The fourth-order valence-electron chi connectivity index (χ4n) is 2.65. The van der Waals surface area contributed by atoms with E-state index in [1.165, 1.54) is 10.9 Å². The van der Waals surface area contributed by atoms with Crippen LogP contribution in [-0.2, 0) is 38.8 Å². The van der Waals surface area contributed by atoms with Crippen LogP contribution < -0.4 is 11.0 Å². The summed E-state index contributed by atoms with van der Waals surface area (Å²) < 4.78 is 42.3. The van der Waals surface area contributed by atoms with Gasteiger partial charge in [-0.1, -0.05) is 0 Å². The molecule has 3 heterocycles. The van der Waals surface area contributed by atoms with E-state index in [0.717, 1.165) is 11.6 Å². The van der Waals surface area contributed by atoms with E-state index < -0.39 is 53.4 Å². The van der Waals surface area contributed by atoms with E-state index in [1.54, 1.807) is 0 Å². The monoisotopic (exact) mass is 538 g/mol. The number of nitrogens with zero attached hydrogens (tertiary/aromatic N) is 4. The van der Waals surface area contributed by atoms with E-state index in [4.69, 9.17) is 25.1 Å². The van der Waals surface area contributed by atoms with Gasteiger partial charge in [0.15, 0.2) is 17.7 Å². The summed E-state index contributed by atoms with van der Waals surface area (Å²) in [7, 11) is -10.6. The Morgan fingerprint density at radius 1 is 1.19 bits per heavy atom. The lowest BCUT2D eigenvalue weighted by Crippen LogP contribution is -2.33. The number of aliphatic hydroxyl groups excluding tert-OH is 2. The lowest BCUT2D eigenvalue weighted by Gasteiger charge is -2.22. The third kappa shape index (κ3) is 5.74. The SMILES string of the molecule is Nc1ncnc2c1ncn2[C@@H]1O[C@H](COP(O)(=S)OP(=O)(O)OP(=O)(O)NO)[C@@H](O)[C@H]1O. The van der Waals surface area contributed by atoms with E-state index in [0.29, 0.717) is 0 Å². The highest BCUT2D eigenvalue weighted by molar-refractivity contribution is 8.08. The number of aliphatic hydroxyl groups is 2. The molecule has 180 valence electrons. The molecular formula is C10H17N6O12P3S. The van der Waals surface area contributed by atoms with Crippen LogP contribution in [0.4, 0.5) is 5.82 Å². The van der Waals surface area contributed by atoms with Gasteiger partial charge in [0.25, 0.3) is 0 Å². The molecule has 1 fully saturated rings. The van der Waals surface area contributed by atoms with Gasteiger partial charge >= 0.3 is 22.3 Å². The molecule has 2 aromatic rings. The lowest BCUT2D eigenvalue weighted by atomic mass is 10.1. The normalized spacial score (nSPS) is 29.4. The number of nitrogens with one attached hydrogen (secondary N) is 1. The minimum Gasteiger partial charge on any atom is -0.387 e. The highest BCUT2D eigenvalue weighted by Crippen LogP contribution is 2.66. The van der Waals surface area contributed by atoms with Crippen LogP contribution in [0.1, 0.15) is 6.23 Å². The molecule has 1 aliphatic heterocycles. The van der Waals surface area contributed by atoms with Gasteiger partial charge in [0.1, 0.15) is 30.2 Å². The number of phosphoric acid groups is 1. The molecule has 2 aromatic heterocycles. The Kier molecular flexibility index (Phi) is 7.49. The van der Waals surface area contributed by atoms with Gasteiger partial charge in [-0.05, 0) is 11.8 Å². The number of imidazole rings is 1. The fourth-order valence-corrected chi connectivity index (χ4v) is 6.81. The molecule has 0 aliphatic carbocycles. The highest BCUT2D eigenvalue weighted by Gasteiger charge is 2.46. The summed E-state index contributed by atoms with van der Waals surface area (Å²) in [6, 6.07) is 0. The zero-order valence-corrected chi connectivity index (χ0v) is 18.9. The van der Waals surface area contributed by atoms with Crippen molar-refractivity contribution in [3.05, 3.63) is 12.7 Å². The average Bonchev–Trinajstić information content (AvgIpc) is 3.21. The molecule has 0 spiro atoms. The predicted octanol–water partition coefficient (Wildman–Crippen LogP) is -1.53. The Labute approximate surface area is 183 Å². The summed E-state index contributed by atoms with van der Waals surface area (Å²) in [5.74, 6) is 0.0688. The van der Waals surface area contributed by atoms with Crippen LogP contribution >= 0.6 is 22.3 Å². The number of nitrogens with two attached hydrogens (primary N) is 1. The molecular weight excluding hydrogens is 521 g/mol. The van der Waals surface area contributed by atoms with Crippen LogP contribution in [0.3, 0.4) is 0 Å². The van der Waals surface area contributed by atoms with E-state index in [9.17, 15) is 29.1 Å². The van der Waals surface area contributed by atoms with Crippen LogP contribution in [0.5, 0.6) is 0 Å². The van der Waals surface area contributed by atoms with Crippen molar-refractivity contribution in [2.45, 2.75) is 24.5 Å². The topological polar surface area (TPSA) is 274 Å². The Bertz CT molecular complexity index is 1130. The summed E-state index contributed by atoms with van der Waals surface area (Å²) in [6.07, 6.45) is -3.27. The molecule has 22 heteroatoms. The Morgan fingerprint density at radius 2 is 1.88 bits per heavy atom. The summed E-state index contributed by atoms with van der Waals surface area (Å²) in [4.78, 5) is 40.0. The first-order valence-corrected chi connectivity index (χ1v) is 13.8. The first-order chi connectivity index (χ1) is 14.8. The van der Waals surface area contributed by atoms with Crippen molar-refractivity contribution in [3.63, 3.8) is 0 Å². The Hall–Kier alpha value is -0.980. The van der Waals surface area contributed by atoms with Gasteiger partial charge in [-0.3, -0.25) is 4.57 Å². The van der Waals surface area contributed by atoms with Crippen molar-refractivity contribution >= 4 is 51.1 Å². The summed E-state index contributed by atoms with van der Waals surface area (Å²) >= 11 is 4.52. The van der Waals surface area contributed by atoms with Crippen LogP contribution in [0, 0.1) is 0 Å². The van der Waals surface area contributed by atoms with Crippen LogP contribution in [-0.4, -0.2) is 74.5 Å². The van der Waals surface area contributed by atoms with Gasteiger partial charge in [0.05, 0.1) is 12.9 Å². The van der Waals surface area contributed by atoms with Crippen molar-refractivity contribution in [2.24, 2.45) is 0 Å². The number of ether oxygens (including phenoxy) is 1. The number of fused-ring (bicyclic) bond motifs is 1. The van der Waals surface area contributed by atoms with E-state index in [2.05, 4.69) is 35.4 Å². The van der Waals surface area contributed by atoms with Crippen molar-refractivity contribution < 1.29 is 57.1 Å². The average molecular weight is 538 g/mol. The fraction of sp³-hybridized carbons (Fsp3) is 0.500. The summed E-state index contributed by atoms with van der Waals surface area (Å²) in [5, 5.41) is 29.7. The molecule has 0 bridgehead atoms. The quantitative estimate of drug-likeness (QED) is 0.133. The molecule has 0 radical (unpaired) electrons. The third-order valence-electron chi connectivity index (χ3n) is 3.95. The summed E-state index contributed by atoms with van der Waals surface area (Å²) in [6.45, 7) is -5.36. The molecule has 1 saturated heterocycles. The Balaban J connectivity index is 1.68. The number of hydrogen-bond acceptors (Lipinski definition) is 14. The second-order valence-electron chi connectivity index (χ2n) is 6.15. The van der Waals surface area contributed by atoms with Crippen molar-refractivity contribution in [1.82, 2.24) is 24.8 Å². The largest absolute Gasteiger partial charge is 0.487 e. The van der Waals surface area contributed by atoms with Crippen LogP contribution in [0.25, 0.3) is 11.2 Å². The molecule has 3 rings (SSSR count). The molecule has 7 atom stereocenters. The molecule has 0 amide bonds. The summed E-state index contributed by atoms with van der Waals surface area (Å²) in [5.41, 5.74) is 6.10. The van der Waals surface area contributed by atoms with E-state index in [1.807, 2.05) is 0 Å². The molecule has 18 nitrogen and oxygen atoms in total. The minimum atomic E-state index is -5.48. The van der Waals surface area contributed by atoms with Crippen molar-refractivity contribution in [3.8, 4) is 0 Å². The van der Waals surface area contributed by atoms with Gasteiger partial charge < -0.3 is 45.1 Å². The zero-order valence-electron chi connectivity index (χ0n) is 15.4. The maximum absolute atomic E-state index is 11.7. The van der Waals surface area contributed by atoms with Gasteiger partial charge in [0.2, 0.25) is 0 Å².